The molecule has 1 aromatic carbocycles. The second kappa shape index (κ2) is 8.41. The number of carbonyl (C=O) groups is 2. The van der Waals surface area contributed by atoms with Crippen molar-refractivity contribution in [2.45, 2.75) is 31.3 Å². The van der Waals surface area contributed by atoms with Crippen molar-refractivity contribution in [2.75, 3.05) is 18.8 Å². The van der Waals surface area contributed by atoms with E-state index in [2.05, 4.69) is 9.78 Å². The Kier molecular flexibility index (Phi) is 6.51. The summed E-state index contributed by atoms with van der Waals surface area (Å²) in [5, 5.41) is 0. The van der Waals surface area contributed by atoms with Gasteiger partial charge in [0.25, 0.3) is 0 Å². The predicted octanol–water partition coefficient (Wildman–Crippen LogP) is 1.28. The maximum atomic E-state index is 11.9. The molecule has 1 aliphatic heterocycles. The van der Waals surface area contributed by atoms with Crippen LogP contribution in [-0.4, -0.2) is 36.3 Å². The van der Waals surface area contributed by atoms with Crippen molar-refractivity contribution in [2.24, 2.45) is 11.5 Å². The molecule has 0 fully saturated rings. The molecule has 0 radical (unpaired) electrons. The van der Waals surface area contributed by atoms with Gasteiger partial charge in [-0.25, -0.2) is 19.4 Å². The summed E-state index contributed by atoms with van der Waals surface area (Å²) in [4.78, 5) is 32.8. The summed E-state index contributed by atoms with van der Waals surface area (Å²) in [6.45, 7) is 1.68. The van der Waals surface area contributed by atoms with E-state index in [0.29, 0.717) is 29.2 Å². The Labute approximate surface area is 150 Å². The number of carbonyl (C=O) groups excluding carboxylic acids is 2. The molecule has 4 N–H and O–H groups in total. The summed E-state index contributed by atoms with van der Waals surface area (Å²) in [7, 11) is 0. The summed E-state index contributed by atoms with van der Waals surface area (Å²) < 4.78 is 10.5. The van der Waals surface area contributed by atoms with E-state index in [1.54, 1.807) is 30.0 Å². The van der Waals surface area contributed by atoms with Gasteiger partial charge in [-0.15, -0.1) is 0 Å². The topological polar surface area (TPSA) is 123 Å². The van der Waals surface area contributed by atoms with Crippen LogP contribution in [0.1, 0.15) is 31.4 Å². The van der Waals surface area contributed by atoms with Crippen molar-refractivity contribution in [3.63, 3.8) is 0 Å². The van der Waals surface area contributed by atoms with Gasteiger partial charge in [0.1, 0.15) is 5.54 Å². The average Bonchev–Trinajstić information content (AvgIpc) is 3.05. The molecule has 0 bridgehead atoms. The number of hydrogen-bond donors (Lipinski definition) is 2. The third-order valence-electron chi connectivity index (χ3n) is 3.71. The Morgan fingerprint density at radius 3 is 2.76 bits per heavy atom. The molecular formula is C16H22N2O6S. The van der Waals surface area contributed by atoms with Crippen molar-refractivity contribution in [3.8, 4) is 11.5 Å². The fourth-order valence-electron chi connectivity index (χ4n) is 2.07. The summed E-state index contributed by atoms with van der Waals surface area (Å²) >= 11 is 1.55. The van der Waals surface area contributed by atoms with E-state index in [1.807, 2.05) is 6.26 Å². The van der Waals surface area contributed by atoms with Crippen molar-refractivity contribution in [1.82, 2.24) is 0 Å². The highest BCUT2D eigenvalue weighted by molar-refractivity contribution is 7.98. The molecule has 25 heavy (non-hydrogen) atoms. The first-order valence-corrected chi connectivity index (χ1v) is 9.07. The zero-order chi connectivity index (χ0) is 18.4. The lowest BCUT2D eigenvalue weighted by molar-refractivity contribution is -0.263. The smallest absolute Gasteiger partial charge is 0.374 e. The molecule has 0 aliphatic carbocycles. The Morgan fingerprint density at radius 1 is 1.32 bits per heavy atom. The number of hydrogen-bond acceptors (Lipinski definition) is 9. The van der Waals surface area contributed by atoms with E-state index in [4.69, 9.17) is 20.9 Å². The summed E-state index contributed by atoms with van der Waals surface area (Å²) in [5.74, 6) is 0.316. The molecule has 2 atom stereocenters. The molecule has 2 rings (SSSR count). The van der Waals surface area contributed by atoms with Gasteiger partial charge in [-0.05, 0) is 43.0 Å². The number of ether oxygens (including phenoxy) is 2. The third-order valence-corrected chi connectivity index (χ3v) is 4.33. The molecule has 1 aromatic rings. The molecule has 8 nitrogen and oxygen atoms in total. The second-order valence-corrected chi connectivity index (χ2v) is 6.90. The van der Waals surface area contributed by atoms with Crippen LogP contribution < -0.4 is 20.9 Å². The maximum Gasteiger partial charge on any atom is 0.374 e. The highest BCUT2D eigenvalue weighted by Crippen LogP contribution is 2.34. The van der Waals surface area contributed by atoms with Gasteiger partial charge in [-0.1, -0.05) is 6.07 Å². The van der Waals surface area contributed by atoms with Gasteiger partial charge in [-0.3, -0.25) is 0 Å². The van der Waals surface area contributed by atoms with Crippen LogP contribution in [0.15, 0.2) is 18.2 Å². The number of benzene rings is 1. The zero-order valence-corrected chi connectivity index (χ0v) is 15.0. The highest BCUT2D eigenvalue weighted by Gasteiger charge is 2.32. The Balaban J connectivity index is 1.82. The van der Waals surface area contributed by atoms with E-state index in [1.165, 1.54) is 6.92 Å². The average molecular weight is 370 g/mol. The molecule has 1 aliphatic rings. The number of nitrogens with two attached hydrogens (primary N) is 2. The lowest BCUT2D eigenvalue weighted by Crippen LogP contribution is -2.46. The minimum absolute atomic E-state index is 0.153. The van der Waals surface area contributed by atoms with Crippen LogP contribution in [0.25, 0.3) is 0 Å². The standard InChI is InChI=1S/C16H22N2O6S/c1-16(18,5-6-25-2)15(20)24-23-14(19)8-11(17)10-3-4-12-13(7-10)22-9-21-12/h3-4,7,11H,5-6,8-9,17-18H2,1-2H3. The van der Waals surface area contributed by atoms with E-state index in [0.717, 1.165) is 0 Å². The number of rotatable bonds is 7. The molecule has 0 aromatic heterocycles. The molecule has 0 saturated carbocycles. The number of fused-ring (bicyclic) bond motifs is 1. The van der Waals surface area contributed by atoms with Gasteiger partial charge in [0.2, 0.25) is 6.79 Å². The zero-order valence-electron chi connectivity index (χ0n) is 14.2. The molecule has 0 spiro atoms. The van der Waals surface area contributed by atoms with E-state index in [-0.39, 0.29) is 13.2 Å². The SMILES string of the molecule is CSCCC(C)(N)C(=O)OOC(=O)CC(N)c1ccc2c(c1)OCO2. The molecule has 0 amide bonds. The maximum absolute atomic E-state index is 11.9. The Bertz CT molecular complexity index is 637. The lowest BCUT2D eigenvalue weighted by atomic mass is 10.0. The summed E-state index contributed by atoms with van der Waals surface area (Å²) in [6.07, 6.45) is 2.14. The van der Waals surface area contributed by atoms with Crippen LogP contribution in [-0.2, 0) is 19.4 Å². The minimum atomic E-state index is -1.22. The molecule has 0 saturated heterocycles. The molecule has 9 heteroatoms. The summed E-state index contributed by atoms with van der Waals surface area (Å²) in [5.41, 5.74) is 11.3. The van der Waals surface area contributed by atoms with Crippen LogP contribution in [0, 0.1) is 0 Å². The van der Waals surface area contributed by atoms with Crippen molar-refractivity contribution in [1.29, 1.82) is 0 Å². The first-order valence-electron chi connectivity index (χ1n) is 7.68. The Morgan fingerprint density at radius 2 is 2.04 bits per heavy atom. The largest absolute Gasteiger partial charge is 0.454 e. The molecular weight excluding hydrogens is 348 g/mol. The van der Waals surface area contributed by atoms with Crippen molar-refractivity contribution >= 4 is 23.7 Å². The normalized spacial score (nSPS) is 16.0. The van der Waals surface area contributed by atoms with Gasteiger partial charge >= 0.3 is 11.9 Å². The van der Waals surface area contributed by atoms with E-state index < -0.39 is 23.5 Å². The number of thioether (sulfide) groups is 1. The van der Waals surface area contributed by atoms with Gasteiger partial charge in [0.15, 0.2) is 11.5 Å². The van der Waals surface area contributed by atoms with Crippen LogP contribution in [0.5, 0.6) is 11.5 Å². The lowest BCUT2D eigenvalue weighted by Gasteiger charge is -2.20. The van der Waals surface area contributed by atoms with Crippen LogP contribution in [0.2, 0.25) is 0 Å². The second-order valence-electron chi connectivity index (χ2n) is 5.91. The van der Waals surface area contributed by atoms with Crippen LogP contribution >= 0.6 is 11.8 Å². The summed E-state index contributed by atoms with van der Waals surface area (Å²) in [6, 6.07) is 4.51. The van der Waals surface area contributed by atoms with Gasteiger partial charge in [0.05, 0.1) is 6.42 Å². The molecule has 1 heterocycles. The fraction of sp³-hybridized carbons (Fsp3) is 0.500. The minimum Gasteiger partial charge on any atom is -0.454 e. The van der Waals surface area contributed by atoms with Crippen molar-refractivity contribution in [3.05, 3.63) is 23.8 Å². The highest BCUT2D eigenvalue weighted by atomic mass is 32.2. The first kappa shape index (κ1) is 19.4. The van der Waals surface area contributed by atoms with Crippen LogP contribution in [0.4, 0.5) is 0 Å². The monoisotopic (exact) mass is 370 g/mol. The molecule has 2 unspecified atom stereocenters. The van der Waals surface area contributed by atoms with Gasteiger partial charge in [-0.2, -0.15) is 11.8 Å². The predicted molar refractivity (Wildman–Crippen MR) is 91.9 cm³/mol. The van der Waals surface area contributed by atoms with Crippen LogP contribution in [0.3, 0.4) is 0 Å². The van der Waals surface area contributed by atoms with Gasteiger partial charge in [0, 0.05) is 6.04 Å². The third kappa shape index (κ3) is 5.25. The van der Waals surface area contributed by atoms with E-state index in [9.17, 15) is 9.59 Å². The first-order chi connectivity index (χ1) is 11.8. The quantitative estimate of drug-likeness (QED) is 0.539. The molecule has 138 valence electrons. The Hall–Kier alpha value is -1.97. The van der Waals surface area contributed by atoms with E-state index >= 15 is 0 Å². The van der Waals surface area contributed by atoms with Gasteiger partial charge < -0.3 is 20.9 Å². The fourth-order valence-corrected chi connectivity index (χ4v) is 2.70. The van der Waals surface area contributed by atoms with Crippen molar-refractivity contribution < 1.29 is 28.8 Å².